The van der Waals surface area contributed by atoms with Crippen LogP contribution in [0.1, 0.15) is 12.0 Å². The first-order valence-corrected chi connectivity index (χ1v) is 8.66. The van der Waals surface area contributed by atoms with Crippen molar-refractivity contribution in [3.63, 3.8) is 0 Å². The maximum Gasteiger partial charge on any atom is 0.573 e. The van der Waals surface area contributed by atoms with Crippen LogP contribution in [0, 0.1) is 0 Å². The third-order valence-electron chi connectivity index (χ3n) is 4.22. The first-order valence-electron chi connectivity index (χ1n) is 8.66. The minimum Gasteiger partial charge on any atom is -0.406 e. The van der Waals surface area contributed by atoms with E-state index in [2.05, 4.69) is 20.0 Å². The number of carbonyl (C=O) groups is 1. The summed E-state index contributed by atoms with van der Waals surface area (Å²) in [4.78, 5) is 21.1. The van der Waals surface area contributed by atoms with Gasteiger partial charge in [-0.25, -0.2) is 0 Å². The van der Waals surface area contributed by atoms with Crippen LogP contribution in [-0.4, -0.2) is 23.0 Å². The summed E-state index contributed by atoms with van der Waals surface area (Å²) in [5.41, 5.74) is 3.39. The number of fused-ring (bicyclic) bond motifs is 1. The standard InChI is InChI=1S/C21H14F3N3O2/c22-21(23,24)29-15-7-8-17-19(11-15)27-20(28)12-18(26-17)14-5-3-4-13(10-14)16-6-1-2-9-25-16/h1-11H,12H2,(H,27,28). The lowest BCUT2D eigenvalue weighted by molar-refractivity contribution is -0.274. The molecule has 0 aliphatic carbocycles. The third-order valence-corrected chi connectivity index (χ3v) is 4.22. The molecule has 0 atom stereocenters. The molecule has 0 saturated heterocycles. The van der Waals surface area contributed by atoms with E-state index < -0.39 is 12.1 Å². The Morgan fingerprint density at radius 1 is 0.966 bits per heavy atom. The molecule has 1 aliphatic rings. The van der Waals surface area contributed by atoms with Gasteiger partial charge in [-0.05, 0) is 35.9 Å². The predicted molar refractivity (Wildman–Crippen MR) is 102 cm³/mol. The number of hydrogen-bond acceptors (Lipinski definition) is 4. The number of carbonyl (C=O) groups excluding carboxylic acids is 1. The Balaban J connectivity index is 1.71. The van der Waals surface area contributed by atoms with Gasteiger partial charge in [0.05, 0.1) is 29.2 Å². The molecular formula is C21H14F3N3O2. The second-order valence-corrected chi connectivity index (χ2v) is 6.31. The molecule has 0 saturated carbocycles. The fourth-order valence-corrected chi connectivity index (χ4v) is 3.00. The largest absolute Gasteiger partial charge is 0.573 e. The SMILES string of the molecule is O=C1CC(c2cccc(-c3ccccn3)c2)=Nc2ccc(OC(F)(F)F)cc2N1. The quantitative estimate of drug-likeness (QED) is 0.668. The van der Waals surface area contributed by atoms with E-state index in [-0.39, 0.29) is 18.0 Å². The molecule has 4 rings (SSSR count). The molecule has 8 heteroatoms. The lowest BCUT2D eigenvalue weighted by Crippen LogP contribution is -2.17. The number of ether oxygens (including phenoxy) is 1. The number of benzene rings is 2. The van der Waals surface area contributed by atoms with E-state index in [0.717, 1.165) is 29.0 Å². The smallest absolute Gasteiger partial charge is 0.406 e. The molecule has 5 nitrogen and oxygen atoms in total. The van der Waals surface area contributed by atoms with Crippen LogP contribution < -0.4 is 10.1 Å². The summed E-state index contributed by atoms with van der Waals surface area (Å²) in [5.74, 6) is -0.803. The van der Waals surface area contributed by atoms with Crippen LogP contribution in [0.3, 0.4) is 0 Å². The molecule has 29 heavy (non-hydrogen) atoms. The number of amides is 1. The van der Waals surface area contributed by atoms with Crippen molar-refractivity contribution in [2.75, 3.05) is 5.32 Å². The highest BCUT2D eigenvalue weighted by atomic mass is 19.4. The van der Waals surface area contributed by atoms with E-state index in [9.17, 15) is 18.0 Å². The third kappa shape index (κ3) is 4.43. The fraction of sp³-hybridized carbons (Fsp3) is 0.0952. The van der Waals surface area contributed by atoms with Gasteiger partial charge in [0, 0.05) is 17.8 Å². The minimum absolute atomic E-state index is 0.0180. The lowest BCUT2D eigenvalue weighted by atomic mass is 10.0. The second kappa shape index (κ2) is 7.38. The van der Waals surface area contributed by atoms with E-state index in [1.165, 1.54) is 6.07 Å². The minimum atomic E-state index is -4.82. The van der Waals surface area contributed by atoms with Crippen molar-refractivity contribution in [2.24, 2.45) is 4.99 Å². The molecule has 146 valence electrons. The van der Waals surface area contributed by atoms with Crippen LogP contribution in [0.5, 0.6) is 5.75 Å². The number of alkyl halides is 3. The summed E-state index contributed by atoms with van der Waals surface area (Å²) in [6, 6.07) is 16.7. The number of anilines is 1. The predicted octanol–water partition coefficient (Wildman–Crippen LogP) is 5.11. The Kier molecular flexibility index (Phi) is 4.75. The van der Waals surface area contributed by atoms with E-state index in [4.69, 9.17) is 0 Å². The first kappa shape index (κ1) is 18.7. The molecule has 0 unspecified atom stereocenters. The van der Waals surface area contributed by atoms with Gasteiger partial charge in [0.2, 0.25) is 5.91 Å². The van der Waals surface area contributed by atoms with E-state index >= 15 is 0 Å². The number of pyridine rings is 1. The normalized spacial score (nSPS) is 13.8. The lowest BCUT2D eigenvalue weighted by Gasteiger charge is -2.11. The van der Waals surface area contributed by atoms with Crippen LogP contribution in [0.25, 0.3) is 11.3 Å². The van der Waals surface area contributed by atoms with Crippen LogP contribution >= 0.6 is 0 Å². The summed E-state index contributed by atoms with van der Waals surface area (Å²) < 4.78 is 41.3. The van der Waals surface area contributed by atoms with E-state index in [0.29, 0.717) is 11.4 Å². The molecule has 1 N–H and O–H groups in total. The number of nitrogens with one attached hydrogen (secondary N) is 1. The summed E-state index contributed by atoms with van der Waals surface area (Å²) >= 11 is 0. The molecule has 2 heterocycles. The first-order chi connectivity index (χ1) is 13.9. The molecule has 0 spiro atoms. The Labute approximate surface area is 163 Å². The van der Waals surface area contributed by atoms with Crippen LogP contribution in [0.4, 0.5) is 24.5 Å². The molecule has 0 radical (unpaired) electrons. The van der Waals surface area contributed by atoms with Gasteiger partial charge in [0.1, 0.15) is 5.75 Å². The maximum absolute atomic E-state index is 12.4. The van der Waals surface area contributed by atoms with Crippen LogP contribution in [0.2, 0.25) is 0 Å². The maximum atomic E-state index is 12.4. The highest BCUT2D eigenvalue weighted by Gasteiger charge is 2.31. The number of aromatic nitrogens is 1. The van der Waals surface area contributed by atoms with Crippen molar-refractivity contribution in [3.05, 3.63) is 72.4 Å². The van der Waals surface area contributed by atoms with Gasteiger partial charge >= 0.3 is 6.36 Å². The Morgan fingerprint density at radius 3 is 2.55 bits per heavy atom. The summed E-state index contributed by atoms with van der Waals surface area (Å²) in [6.45, 7) is 0. The highest BCUT2D eigenvalue weighted by molar-refractivity contribution is 6.17. The van der Waals surface area contributed by atoms with Crippen molar-refractivity contribution in [1.29, 1.82) is 0 Å². The molecule has 1 aromatic heterocycles. The van der Waals surface area contributed by atoms with Crippen molar-refractivity contribution in [1.82, 2.24) is 4.98 Å². The molecule has 3 aromatic rings. The van der Waals surface area contributed by atoms with Gasteiger partial charge < -0.3 is 10.1 Å². The Bertz CT molecular complexity index is 1100. The molecule has 1 amide bonds. The van der Waals surface area contributed by atoms with E-state index in [1.54, 1.807) is 6.20 Å². The topological polar surface area (TPSA) is 63.6 Å². The van der Waals surface area contributed by atoms with Crippen LogP contribution in [-0.2, 0) is 4.79 Å². The van der Waals surface area contributed by atoms with Crippen molar-refractivity contribution in [2.45, 2.75) is 12.8 Å². The number of halogens is 3. The summed E-state index contributed by atoms with van der Waals surface area (Å²) in [7, 11) is 0. The Hall–Kier alpha value is -3.68. The molecule has 0 bridgehead atoms. The average Bonchev–Trinajstić information content (AvgIpc) is 2.85. The number of aliphatic imine (C=N–C) groups is 1. The Morgan fingerprint density at radius 2 is 1.79 bits per heavy atom. The molecule has 2 aromatic carbocycles. The number of nitrogens with zero attached hydrogens (tertiary/aromatic N) is 2. The zero-order chi connectivity index (χ0) is 20.4. The van der Waals surface area contributed by atoms with Gasteiger partial charge in [0.25, 0.3) is 0 Å². The monoisotopic (exact) mass is 397 g/mol. The van der Waals surface area contributed by atoms with Crippen molar-refractivity contribution >= 4 is 23.0 Å². The van der Waals surface area contributed by atoms with Crippen molar-refractivity contribution in [3.8, 4) is 17.0 Å². The fourth-order valence-electron chi connectivity index (χ4n) is 3.00. The second-order valence-electron chi connectivity index (χ2n) is 6.31. The zero-order valence-electron chi connectivity index (χ0n) is 14.9. The summed E-state index contributed by atoms with van der Waals surface area (Å²) in [5, 5.41) is 2.58. The van der Waals surface area contributed by atoms with Gasteiger partial charge in [0.15, 0.2) is 0 Å². The van der Waals surface area contributed by atoms with Gasteiger partial charge in [-0.2, -0.15) is 0 Å². The van der Waals surface area contributed by atoms with Gasteiger partial charge in [-0.1, -0.05) is 24.3 Å². The number of hydrogen-bond donors (Lipinski definition) is 1. The zero-order valence-corrected chi connectivity index (χ0v) is 14.9. The average molecular weight is 397 g/mol. The molecular weight excluding hydrogens is 383 g/mol. The molecule has 0 fully saturated rings. The van der Waals surface area contributed by atoms with Crippen molar-refractivity contribution < 1.29 is 22.7 Å². The van der Waals surface area contributed by atoms with E-state index in [1.807, 2.05) is 42.5 Å². The molecule has 1 aliphatic heterocycles. The van der Waals surface area contributed by atoms with Gasteiger partial charge in [-0.15, -0.1) is 13.2 Å². The summed E-state index contributed by atoms with van der Waals surface area (Å²) in [6.07, 6.45) is -3.14. The van der Waals surface area contributed by atoms with Crippen LogP contribution in [0.15, 0.2) is 71.9 Å². The van der Waals surface area contributed by atoms with Gasteiger partial charge in [-0.3, -0.25) is 14.8 Å². The number of rotatable bonds is 3. The highest BCUT2D eigenvalue weighted by Crippen LogP contribution is 2.34.